The molecule has 2 heterocycles. The standard InChI is InChI=1S/C32H32F5N7OS/c1-20(2)26-7-5-6-8-27(26)43-21(3)19-46-28(43)18-40-39-17-22-9-11-23(12-10-22)29-41-30(38-4)44(42-29)24-13-15-25(16-14-24)45-32(36,37)31(33,34)35/h5-16,18-20,28,39H,17H2,1-4H3,(H,38,41,42). The summed E-state index contributed by atoms with van der Waals surface area (Å²) in [6.45, 7) is 6.97. The van der Waals surface area contributed by atoms with Gasteiger partial charge in [-0.2, -0.15) is 36.7 Å². The molecule has 1 aliphatic heterocycles. The molecule has 14 heteroatoms. The van der Waals surface area contributed by atoms with E-state index in [0.29, 0.717) is 29.9 Å². The van der Waals surface area contributed by atoms with E-state index in [2.05, 4.69) is 86.0 Å². The fourth-order valence-corrected chi connectivity index (χ4v) is 5.76. The molecule has 3 aromatic carbocycles. The largest absolute Gasteiger partial charge is 0.499 e. The van der Waals surface area contributed by atoms with E-state index in [1.54, 1.807) is 18.8 Å². The number of allylic oxidation sites excluding steroid dienone is 1. The number of nitrogens with zero attached hydrogens (tertiary/aromatic N) is 5. The van der Waals surface area contributed by atoms with Crippen molar-refractivity contribution in [3.8, 4) is 22.8 Å². The van der Waals surface area contributed by atoms with Crippen LogP contribution in [0, 0.1) is 0 Å². The molecule has 4 aromatic rings. The molecule has 0 saturated heterocycles. The SMILES string of the molecule is CNc1nc(-c2ccc(CNN=CC3SC=C(C)N3c3ccccc3C(C)C)cc2)nn1-c1ccc(OC(F)(F)C(F)(F)F)cc1. The Balaban J connectivity index is 1.22. The number of nitrogens with one attached hydrogen (secondary N) is 2. The predicted molar refractivity (Wildman–Crippen MR) is 171 cm³/mol. The zero-order chi connectivity index (χ0) is 33.1. The first-order chi connectivity index (χ1) is 21.9. The van der Waals surface area contributed by atoms with Crippen LogP contribution in [0.5, 0.6) is 5.75 Å². The second-order valence-corrected chi connectivity index (χ2v) is 11.7. The Bertz CT molecular complexity index is 1700. The Labute approximate surface area is 267 Å². The first-order valence-electron chi connectivity index (χ1n) is 14.3. The van der Waals surface area contributed by atoms with Crippen molar-refractivity contribution in [2.75, 3.05) is 17.3 Å². The number of thioether (sulfide) groups is 1. The second kappa shape index (κ2) is 13.4. The van der Waals surface area contributed by atoms with Crippen LogP contribution in [0.3, 0.4) is 0 Å². The van der Waals surface area contributed by atoms with Gasteiger partial charge in [0.05, 0.1) is 18.4 Å². The molecule has 0 bridgehead atoms. The van der Waals surface area contributed by atoms with E-state index in [4.69, 9.17) is 0 Å². The van der Waals surface area contributed by atoms with E-state index in [1.807, 2.05) is 30.5 Å². The minimum absolute atomic E-state index is 0.0295. The Morgan fingerprint density at radius 1 is 1.00 bits per heavy atom. The highest BCUT2D eigenvalue weighted by atomic mass is 32.2. The summed E-state index contributed by atoms with van der Waals surface area (Å²) < 4.78 is 69.2. The maximum Gasteiger partial charge on any atom is 0.499 e. The number of rotatable bonds is 11. The van der Waals surface area contributed by atoms with Crippen LogP contribution in [0.1, 0.15) is 37.8 Å². The maximum atomic E-state index is 13.2. The molecule has 242 valence electrons. The number of hydrazone groups is 1. The lowest BCUT2D eigenvalue weighted by Crippen LogP contribution is -2.41. The summed E-state index contributed by atoms with van der Waals surface area (Å²) in [4.78, 5) is 6.78. The van der Waals surface area contributed by atoms with Crippen LogP contribution >= 0.6 is 11.8 Å². The smallest absolute Gasteiger partial charge is 0.426 e. The summed E-state index contributed by atoms with van der Waals surface area (Å²) in [5.74, 6) is 0.466. The third-order valence-corrected chi connectivity index (χ3v) is 8.20. The maximum absolute atomic E-state index is 13.2. The fourth-order valence-electron chi connectivity index (χ4n) is 4.77. The molecule has 1 atom stereocenters. The lowest BCUT2D eigenvalue weighted by Gasteiger charge is -2.28. The van der Waals surface area contributed by atoms with Crippen molar-refractivity contribution >= 4 is 29.6 Å². The molecule has 5 rings (SSSR count). The van der Waals surface area contributed by atoms with E-state index < -0.39 is 18.0 Å². The van der Waals surface area contributed by atoms with Crippen LogP contribution < -0.4 is 20.4 Å². The number of hydrogen-bond donors (Lipinski definition) is 2. The molecule has 0 saturated carbocycles. The molecule has 8 nitrogen and oxygen atoms in total. The fraction of sp³-hybridized carbons (Fsp3) is 0.281. The van der Waals surface area contributed by atoms with Crippen LogP contribution in [-0.4, -0.2) is 45.7 Å². The van der Waals surface area contributed by atoms with Gasteiger partial charge in [-0.05, 0) is 59.7 Å². The summed E-state index contributed by atoms with van der Waals surface area (Å²) >= 11 is 1.70. The van der Waals surface area contributed by atoms with Crippen LogP contribution in [0.15, 0.2) is 89.0 Å². The van der Waals surface area contributed by atoms with Gasteiger partial charge in [0.1, 0.15) is 11.1 Å². The molecule has 0 fully saturated rings. The van der Waals surface area contributed by atoms with E-state index in [1.165, 1.54) is 33.8 Å². The zero-order valence-electron chi connectivity index (χ0n) is 25.4. The molecule has 0 radical (unpaired) electrons. The lowest BCUT2D eigenvalue weighted by atomic mass is 10.0. The topological polar surface area (TPSA) is 79.6 Å². The average molecular weight is 658 g/mol. The van der Waals surface area contributed by atoms with Gasteiger partial charge in [0.15, 0.2) is 5.82 Å². The Hall–Kier alpha value is -4.59. The van der Waals surface area contributed by atoms with Crippen molar-refractivity contribution in [3.63, 3.8) is 0 Å². The quantitative estimate of drug-likeness (QED) is 0.0958. The number of alkyl halides is 5. The van der Waals surface area contributed by atoms with Gasteiger partial charge in [-0.15, -0.1) is 16.9 Å². The number of anilines is 2. The monoisotopic (exact) mass is 657 g/mol. The van der Waals surface area contributed by atoms with E-state index in [9.17, 15) is 22.0 Å². The van der Waals surface area contributed by atoms with Crippen molar-refractivity contribution < 1.29 is 26.7 Å². The minimum atomic E-state index is -5.83. The number of halogens is 5. The van der Waals surface area contributed by atoms with Gasteiger partial charge >= 0.3 is 12.3 Å². The van der Waals surface area contributed by atoms with Crippen molar-refractivity contribution in [2.45, 2.75) is 50.9 Å². The van der Waals surface area contributed by atoms with Crippen LogP contribution in [0.2, 0.25) is 0 Å². The molecular formula is C32H32F5N7OS. The molecule has 0 amide bonds. The van der Waals surface area contributed by atoms with E-state index >= 15 is 0 Å². The summed E-state index contributed by atoms with van der Waals surface area (Å²) in [6, 6.07) is 20.6. The normalized spacial score (nSPS) is 15.5. The molecule has 1 aliphatic rings. The third kappa shape index (κ3) is 7.11. The molecule has 2 N–H and O–H groups in total. The lowest BCUT2D eigenvalue weighted by molar-refractivity contribution is -0.360. The van der Waals surface area contributed by atoms with Crippen LogP contribution in [-0.2, 0) is 6.54 Å². The first kappa shape index (κ1) is 32.8. The van der Waals surface area contributed by atoms with Crippen LogP contribution in [0.4, 0.5) is 33.6 Å². The van der Waals surface area contributed by atoms with Gasteiger partial charge in [-0.3, -0.25) is 0 Å². The van der Waals surface area contributed by atoms with Gasteiger partial charge in [0, 0.05) is 24.0 Å². The summed E-state index contributed by atoms with van der Waals surface area (Å²) in [6.07, 6.45) is -9.25. The van der Waals surface area contributed by atoms with Crippen molar-refractivity contribution in [3.05, 3.63) is 95.0 Å². The highest BCUT2D eigenvalue weighted by Crippen LogP contribution is 2.39. The Morgan fingerprint density at radius 3 is 2.35 bits per heavy atom. The van der Waals surface area contributed by atoms with E-state index in [-0.39, 0.29) is 5.37 Å². The zero-order valence-corrected chi connectivity index (χ0v) is 26.2. The molecule has 46 heavy (non-hydrogen) atoms. The van der Waals surface area contributed by atoms with E-state index in [0.717, 1.165) is 23.3 Å². The van der Waals surface area contributed by atoms with Crippen molar-refractivity contribution in [2.24, 2.45) is 5.10 Å². The van der Waals surface area contributed by atoms with Crippen LogP contribution in [0.25, 0.3) is 17.1 Å². The predicted octanol–water partition coefficient (Wildman–Crippen LogP) is 8.15. The van der Waals surface area contributed by atoms with Gasteiger partial charge in [0.25, 0.3) is 0 Å². The van der Waals surface area contributed by atoms with Crippen molar-refractivity contribution in [1.29, 1.82) is 0 Å². The summed E-state index contributed by atoms with van der Waals surface area (Å²) in [5, 5.41) is 14.1. The van der Waals surface area contributed by atoms with Gasteiger partial charge in [0.2, 0.25) is 5.95 Å². The number of para-hydroxylation sites is 1. The highest BCUT2D eigenvalue weighted by Gasteiger charge is 2.61. The molecule has 1 unspecified atom stereocenters. The number of ether oxygens (including phenoxy) is 1. The summed E-state index contributed by atoms with van der Waals surface area (Å²) in [7, 11) is 1.63. The Morgan fingerprint density at radius 2 is 1.70 bits per heavy atom. The number of hydrogen-bond acceptors (Lipinski definition) is 8. The highest BCUT2D eigenvalue weighted by molar-refractivity contribution is 8.03. The molecule has 1 aromatic heterocycles. The number of benzene rings is 3. The van der Waals surface area contributed by atoms with Gasteiger partial charge < -0.3 is 20.4 Å². The second-order valence-electron chi connectivity index (χ2n) is 10.7. The molecule has 0 aliphatic carbocycles. The van der Waals surface area contributed by atoms with Gasteiger partial charge in [-0.25, -0.2) is 0 Å². The minimum Gasteiger partial charge on any atom is -0.426 e. The molecule has 0 spiro atoms. The third-order valence-electron chi connectivity index (χ3n) is 7.11. The summed E-state index contributed by atoms with van der Waals surface area (Å²) in [5.41, 5.74) is 8.83. The molecular weight excluding hydrogens is 625 g/mol. The Kier molecular flexibility index (Phi) is 9.56. The first-order valence-corrected chi connectivity index (χ1v) is 15.3. The number of aromatic nitrogens is 3. The van der Waals surface area contributed by atoms with Gasteiger partial charge in [-0.1, -0.05) is 56.3 Å². The average Bonchev–Trinajstić information content (AvgIpc) is 3.62. The van der Waals surface area contributed by atoms with Crippen molar-refractivity contribution in [1.82, 2.24) is 20.2 Å².